The number of esters is 1. The molecule has 0 atom stereocenters. The van der Waals surface area contributed by atoms with Crippen LogP contribution in [0.5, 0.6) is 0 Å². The lowest BCUT2D eigenvalue weighted by Crippen LogP contribution is -2.09. The van der Waals surface area contributed by atoms with Gasteiger partial charge in [-0.05, 0) is 30.2 Å². The summed E-state index contributed by atoms with van der Waals surface area (Å²) in [5, 5.41) is 12.6. The summed E-state index contributed by atoms with van der Waals surface area (Å²) in [7, 11) is 0. The maximum Gasteiger partial charge on any atom is 0.306 e. The van der Waals surface area contributed by atoms with Crippen molar-refractivity contribution in [3.8, 4) is 0 Å². The minimum atomic E-state index is -0.162. The summed E-state index contributed by atoms with van der Waals surface area (Å²) in [6, 6.07) is 0.435. The van der Waals surface area contributed by atoms with E-state index in [1.807, 2.05) is 11.6 Å². The molecule has 1 aliphatic carbocycles. The zero-order valence-electron chi connectivity index (χ0n) is 10.5. The Kier molecular flexibility index (Phi) is 4.98. The molecule has 0 bridgehead atoms. The van der Waals surface area contributed by atoms with Gasteiger partial charge in [0.05, 0.1) is 19.1 Å². The number of aromatic nitrogens is 4. The zero-order valence-corrected chi connectivity index (χ0v) is 11.4. The van der Waals surface area contributed by atoms with Crippen molar-refractivity contribution in [2.24, 2.45) is 0 Å². The van der Waals surface area contributed by atoms with Crippen molar-refractivity contribution >= 4 is 17.7 Å². The molecule has 1 saturated carbocycles. The van der Waals surface area contributed by atoms with E-state index in [1.165, 1.54) is 24.6 Å². The average molecular weight is 270 g/mol. The van der Waals surface area contributed by atoms with Gasteiger partial charge in [-0.15, -0.1) is 5.10 Å². The first-order valence-corrected chi connectivity index (χ1v) is 7.36. The maximum absolute atomic E-state index is 11.2. The van der Waals surface area contributed by atoms with Crippen LogP contribution in [0.15, 0.2) is 5.16 Å². The Hall–Kier alpha value is -1.11. The van der Waals surface area contributed by atoms with Crippen LogP contribution in [0.1, 0.15) is 45.1 Å². The van der Waals surface area contributed by atoms with Crippen molar-refractivity contribution in [2.45, 2.75) is 50.2 Å². The molecule has 18 heavy (non-hydrogen) atoms. The van der Waals surface area contributed by atoms with Gasteiger partial charge in [-0.25, -0.2) is 4.68 Å². The van der Waals surface area contributed by atoms with Crippen molar-refractivity contribution in [3.63, 3.8) is 0 Å². The van der Waals surface area contributed by atoms with Gasteiger partial charge < -0.3 is 4.74 Å². The van der Waals surface area contributed by atoms with Crippen LogP contribution in [-0.4, -0.2) is 38.5 Å². The fraction of sp³-hybridized carbons (Fsp3) is 0.818. The highest BCUT2D eigenvalue weighted by molar-refractivity contribution is 7.99. The predicted octanol–water partition coefficient (Wildman–Crippen LogP) is 1.83. The van der Waals surface area contributed by atoms with Crippen molar-refractivity contribution in [1.29, 1.82) is 0 Å². The van der Waals surface area contributed by atoms with Gasteiger partial charge in [-0.1, -0.05) is 24.6 Å². The molecule has 6 nitrogen and oxygen atoms in total. The van der Waals surface area contributed by atoms with E-state index in [-0.39, 0.29) is 5.97 Å². The molecule has 1 aromatic rings. The van der Waals surface area contributed by atoms with Gasteiger partial charge in [0.25, 0.3) is 0 Å². The topological polar surface area (TPSA) is 69.9 Å². The van der Waals surface area contributed by atoms with Crippen LogP contribution in [0.3, 0.4) is 0 Å². The van der Waals surface area contributed by atoms with Gasteiger partial charge in [-0.2, -0.15) is 0 Å². The quantitative estimate of drug-likeness (QED) is 0.580. The Morgan fingerprint density at radius 2 is 2.28 bits per heavy atom. The summed E-state index contributed by atoms with van der Waals surface area (Å²) in [5.74, 6) is 0.497. The minimum absolute atomic E-state index is 0.162. The number of rotatable bonds is 6. The second-order valence-electron chi connectivity index (χ2n) is 4.25. The number of hydrogen-bond acceptors (Lipinski definition) is 6. The standard InChI is InChI=1S/C11H18N4O2S/c1-2-17-10(16)7-8-18-11-12-13-14-15(11)9-5-3-4-6-9/h9H,2-8H2,1H3. The highest BCUT2D eigenvalue weighted by atomic mass is 32.2. The molecule has 0 saturated heterocycles. The maximum atomic E-state index is 11.2. The lowest BCUT2D eigenvalue weighted by molar-refractivity contribution is -0.142. The summed E-state index contributed by atoms with van der Waals surface area (Å²) in [6.45, 7) is 2.25. The Morgan fingerprint density at radius 1 is 1.50 bits per heavy atom. The SMILES string of the molecule is CCOC(=O)CCSc1nnnn1C1CCCC1. The van der Waals surface area contributed by atoms with Gasteiger partial charge >= 0.3 is 5.97 Å². The van der Waals surface area contributed by atoms with E-state index in [9.17, 15) is 4.79 Å². The molecule has 0 amide bonds. The van der Waals surface area contributed by atoms with Gasteiger partial charge in [-0.3, -0.25) is 4.79 Å². The monoisotopic (exact) mass is 270 g/mol. The zero-order chi connectivity index (χ0) is 12.8. The molecule has 7 heteroatoms. The molecule has 100 valence electrons. The number of hydrogen-bond donors (Lipinski definition) is 0. The van der Waals surface area contributed by atoms with E-state index in [2.05, 4.69) is 15.5 Å². The number of thioether (sulfide) groups is 1. The number of carbonyl (C=O) groups is 1. The van der Waals surface area contributed by atoms with E-state index in [4.69, 9.17) is 4.74 Å². The van der Waals surface area contributed by atoms with Crippen LogP contribution >= 0.6 is 11.8 Å². The third-order valence-corrected chi connectivity index (χ3v) is 3.91. The average Bonchev–Trinajstić information content (AvgIpc) is 2.98. The van der Waals surface area contributed by atoms with Gasteiger partial charge in [0.15, 0.2) is 0 Å². The van der Waals surface area contributed by atoms with E-state index in [0.717, 1.165) is 18.0 Å². The fourth-order valence-electron chi connectivity index (χ4n) is 2.12. The molecule has 0 aromatic carbocycles. The third kappa shape index (κ3) is 3.44. The second kappa shape index (κ2) is 6.72. The Bertz CT molecular complexity index is 390. The number of carbonyl (C=O) groups excluding carboxylic acids is 1. The van der Waals surface area contributed by atoms with Gasteiger partial charge in [0.2, 0.25) is 5.16 Å². The lowest BCUT2D eigenvalue weighted by atomic mass is 10.3. The summed E-state index contributed by atoms with van der Waals surface area (Å²) in [5.41, 5.74) is 0. The van der Waals surface area contributed by atoms with Crippen molar-refractivity contribution in [2.75, 3.05) is 12.4 Å². The Morgan fingerprint density at radius 3 is 3.00 bits per heavy atom. The van der Waals surface area contributed by atoms with Gasteiger partial charge in [0, 0.05) is 5.75 Å². The molecule has 1 fully saturated rings. The highest BCUT2D eigenvalue weighted by Crippen LogP contribution is 2.31. The third-order valence-electron chi connectivity index (χ3n) is 2.98. The molecule has 0 N–H and O–H groups in total. The molecule has 0 unspecified atom stereocenters. The number of nitrogens with zero attached hydrogens (tertiary/aromatic N) is 4. The van der Waals surface area contributed by atoms with E-state index >= 15 is 0 Å². The van der Waals surface area contributed by atoms with E-state index in [1.54, 1.807) is 0 Å². The summed E-state index contributed by atoms with van der Waals surface area (Å²) in [6.07, 6.45) is 5.19. The largest absolute Gasteiger partial charge is 0.466 e. The Labute approximate surface area is 110 Å². The lowest BCUT2D eigenvalue weighted by Gasteiger charge is -2.10. The molecular formula is C11H18N4O2S. The molecule has 2 rings (SSSR count). The molecule has 0 spiro atoms. The van der Waals surface area contributed by atoms with Crippen molar-refractivity contribution < 1.29 is 9.53 Å². The Balaban J connectivity index is 1.82. The van der Waals surface area contributed by atoms with Crippen LogP contribution in [0.25, 0.3) is 0 Å². The van der Waals surface area contributed by atoms with Crippen LogP contribution in [-0.2, 0) is 9.53 Å². The van der Waals surface area contributed by atoms with E-state index in [0.29, 0.717) is 24.8 Å². The van der Waals surface area contributed by atoms with Crippen molar-refractivity contribution in [3.05, 3.63) is 0 Å². The molecule has 1 heterocycles. The first-order chi connectivity index (χ1) is 8.81. The first kappa shape index (κ1) is 13.3. The molecule has 1 aliphatic rings. The van der Waals surface area contributed by atoms with Crippen LogP contribution in [0.4, 0.5) is 0 Å². The van der Waals surface area contributed by atoms with Crippen LogP contribution < -0.4 is 0 Å². The molecular weight excluding hydrogens is 252 g/mol. The normalized spacial score (nSPS) is 16.1. The first-order valence-electron chi connectivity index (χ1n) is 6.37. The van der Waals surface area contributed by atoms with Gasteiger partial charge in [0.1, 0.15) is 0 Å². The van der Waals surface area contributed by atoms with Crippen molar-refractivity contribution in [1.82, 2.24) is 20.2 Å². The summed E-state index contributed by atoms with van der Waals surface area (Å²) >= 11 is 1.52. The van der Waals surface area contributed by atoms with E-state index < -0.39 is 0 Å². The van der Waals surface area contributed by atoms with Crippen LogP contribution in [0, 0.1) is 0 Å². The molecule has 0 aliphatic heterocycles. The highest BCUT2D eigenvalue weighted by Gasteiger charge is 2.21. The number of tetrazole rings is 1. The fourth-order valence-corrected chi connectivity index (χ4v) is 2.98. The summed E-state index contributed by atoms with van der Waals surface area (Å²) < 4.78 is 6.79. The predicted molar refractivity (Wildman–Crippen MR) is 67.3 cm³/mol. The summed E-state index contributed by atoms with van der Waals surface area (Å²) in [4.78, 5) is 11.2. The smallest absolute Gasteiger partial charge is 0.306 e. The second-order valence-corrected chi connectivity index (χ2v) is 5.31. The molecule has 0 radical (unpaired) electrons. The number of ether oxygens (including phenoxy) is 1. The van der Waals surface area contributed by atoms with Crippen LogP contribution in [0.2, 0.25) is 0 Å². The molecule has 1 aromatic heterocycles. The minimum Gasteiger partial charge on any atom is -0.466 e.